The topological polar surface area (TPSA) is 70.7 Å². The van der Waals surface area contributed by atoms with Crippen molar-refractivity contribution < 1.29 is 4.79 Å². The van der Waals surface area contributed by atoms with Crippen molar-refractivity contribution in [3.8, 4) is 11.3 Å². The molecule has 116 valence electrons. The maximum Gasteiger partial charge on any atom is 0.260 e. The number of aromatic amines is 1. The summed E-state index contributed by atoms with van der Waals surface area (Å²) in [5, 5.41) is 10.8. The highest BCUT2D eigenvalue weighted by Gasteiger charge is 2.15. The van der Waals surface area contributed by atoms with Gasteiger partial charge in [-0.05, 0) is 18.2 Å². The van der Waals surface area contributed by atoms with E-state index >= 15 is 0 Å². The van der Waals surface area contributed by atoms with Crippen LogP contribution >= 0.6 is 0 Å². The van der Waals surface area contributed by atoms with E-state index in [0.717, 1.165) is 16.5 Å². The summed E-state index contributed by atoms with van der Waals surface area (Å²) in [5.74, 6) is 0.268. The lowest BCUT2D eigenvalue weighted by Crippen LogP contribution is -2.13. The third-order valence-electron chi connectivity index (χ3n) is 3.79. The molecular formula is C19H14N4O. The number of nitrogens with zero attached hydrogens (tertiary/aromatic N) is 2. The van der Waals surface area contributed by atoms with Gasteiger partial charge in [-0.25, -0.2) is 4.98 Å². The van der Waals surface area contributed by atoms with Gasteiger partial charge in [0.05, 0.1) is 23.0 Å². The quantitative estimate of drug-likeness (QED) is 0.603. The van der Waals surface area contributed by atoms with Gasteiger partial charge in [0.15, 0.2) is 0 Å². The number of para-hydroxylation sites is 1. The van der Waals surface area contributed by atoms with Crippen molar-refractivity contribution in [1.29, 1.82) is 0 Å². The van der Waals surface area contributed by atoms with Crippen LogP contribution in [0.3, 0.4) is 0 Å². The zero-order valence-electron chi connectivity index (χ0n) is 12.7. The first-order valence-corrected chi connectivity index (χ1v) is 7.57. The van der Waals surface area contributed by atoms with Crippen molar-refractivity contribution >= 4 is 22.6 Å². The molecule has 4 aromatic rings. The van der Waals surface area contributed by atoms with Crippen LogP contribution in [0.5, 0.6) is 0 Å². The summed E-state index contributed by atoms with van der Waals surface area (Å²) in [6, 6.07) is 21.1. The number of nitrogens with one attached hydrogen (secondary N) is 2. The maximum absolute atomic E-state index is 12.6. The van der Waals surface area contributed by atoms with Crippen LogP contribution in [0.2, 0.25) is 0 Å². The Morgan fingerprint density at radius 2 is 1.71 bits per heavy atom. The van der Waals surface area contributed by atoms with Gasteiger partial charge in [-0.3, -0.25) is 9.89 Å². The number of benzene rings is 2. The Morgan fingerprint density at radius 1 is 0.917 bits per heavy atom. The van der Waals surface area contributed by atoms with E-state index in [-0.39, 0.29) is 5.91 Å². The zero-order valence-corrected chi connectivity index (χ0v) is 12.7. The van der Waals surface area contributed by atoms with Crippen LogP contribution in [-0.2, 0) is 0 Å². The fraction of sp³-hybridized carbons (Fsp3) is 0. The van der Waals surface area contributed by atoms with E-state index in [1.165, 1.54) is 6.20 Å². The first-order valence-electron chi connectivity index (χ1n) is 7.57. The average Bonchev–Trinajstić information content (AvgIpc) is 3.12. The molecule has 0 fully saturated rings. The van der Waals surface area contributed by atoms with Gasteiger partial charge in [-0.15, -0.1) is 0 Å². The number of pyridine rings is 1. The molecular weight excluding hydrogens is 300 g/mol. The number of rotatable bonds is 3. The Morgan fingerprint density at radius 3 is 2.58 bits per heavy atom. The highest BCUT2D eigenvalue weighted by atomic mass is 16.1. The maximum atomic E-state index is 12.6. The summed E-state index contributed by atoms with van der Waals surface area (Å²) in [6.45, 7) is 0. The molecule has 0 aliphatic rings. The van der Waals surface area contributed by atoms with Crippen molar-refractivity contribution in [2.45, 2.75) is 0 Å². The van der Waals surface area contributed by atoms with E-state index < -0.39 is 0 Å². The van der Waals surface area contributed by atoms with Crippen molar-refractivity contribution in [2.24, 2.45) is 0 Å². The van der Waals surface area contributed by atoms with Crippen LogP contribution in [0.1, 0.15) is 10.4 Å². The number of H-pyrrole nitrogens is 1. The predicted molar refractivity (Wildman–Crippen MR) is 93.7 cm³/mol. The minimum atomic E-state index is -0.245. The number of carbonyl (C=O) groups is 1. The lowest BCUT2D eigenvalue weighted by Gasteiger charge is -2.06. The molecule has 24 heavy (non-hydrogen) atoms. The molecule has 0 radical (unpaired) electrons. The third-order valence-corrected chi connectivity index (χ3v) is 3.79. The number of aromatic nitrogens is 3. The van der Waals surface area contributed by atoms with Gasteiger partial charge in [0, 0.05) is 10.9 Å². The van der Waals surface area contributed by atoms with Crippen LogP contribution < -0.4 is 5.32 Å². The summed E-state index contributed by atoms with van der Waals surface area (Å²) in [4.78, 5) is 17.1. The molecule has 0 saturated carbocycles. The Kier molecular flexibility index (Phi) is 3.51. The molecule has 4 rings (SSSR count). The second-order valence-corrected chi connectivity index (χ2v) is 5.37. The van der Waals surface area contributed by atoms with Gasteiger partial charge in [0.2, 0.25) is 0 Å². The molecule has 0 saturated heterocycles. The number of anilines is 1. The second kappa shape index (κ2) is 5.96. The molecule has 0 aliphatic heterocycles. The van der Waals surface area contributed by atoms with Crippen LogP contribution in [-0.4, -0.2) is 21.1 Å². The fourth-order valence-corrected chi connectivity index (χ4v) is 2.60. The molecule has 0 aliphatic carbocycles. The number of amides is 1. The highest BCUT2D eigenvalue weighted by molar-refractivity contribution is 6.07. The van der Waals surface area contributed by atoms with Crippen molar-refractivity contribution in [2.75, 3.05) is 5.32 Å². The van der Waals surface area contributed by atoms with Gasteiger partial charge in [-0.1, -0.05) is 48.5 Å². The Hall–Kier alpha value is -3.47. The molecule has 0 bridgehead atoms. The summed E-state index contributed by atoms with van der Waals surface area (Å²) in [7, 11) is 0. The molecule has 5 nitrogen and oxygen atoms in total. The van der Waals surface area contributed by atoms with Gasteiger partial charge < -0.3 is 5.32 Å². The first-order chi connectivity index (χ1) is 11.8. The minimum Gasteiger partial charge on any atom is -0.306 e. The number of carbonyl (C=O) groups excluding carboxylic acids is 1. The van der Waals surface area contributed by atoms with E-state index in [2.05, 4.69) is 20.5 Å². The standard InChI is InChI=1S/C19H14N4O/c24-19(15-12-20-23-18(15)14-7-2-1-3-8-14)22-17-11-10-13-6-4-5-9-16(13)21-17/h1-12H,(H,20,23)(H,21,22,24). The SMILES string of the molecule is O=C(Nc1ccc2ccccc2n1)c1cn[nH]c1-c1ccccc1. The van der Waals surface area contributed by atoms with E-state index in [1.807, 2.05) is 60.7 Å². The zero-order chi connectivity index (χ0) is 16.4. The minimum absolute atomic E-state index is 0.245. The predicted octanol–water partition coefficient (Wildman–Crippen LogP) is 3.88. The van der Waals surface area contributed by atoms with E-state index in [4.69, 9.17) is 0 Å². The first kappa shape index (κ1) is 14.1. The largest absolute Gasteiger partial charge is 0.306 e. The number of hydrogen-bond donors (Lipinski definition) is 2. The van der Waals surface area contributed by atoms with Crippen molar-refractivity contribution in [3.63, 3.8) is 0 Å². The number of fused-ring (bicyclic) bond motifs is 1. The third kappa shape index (κ3) is 2.63. The average molecular weight is 314 g/mol. The lowest BCUT2D eigenvalue weighted by atomic mass is 10.1. The summed E-state index contributed by atoms with van der Waals surface area (Å²) < 4.78 is 0. The summed E-state index contributed by atoms with van der Waals surface area (Å²) in [5.41, 5.74) is 2.92. The highest BCUT2D eigenvalue weighted by Crippen LogP contribution is 2.22. The van der Waals surface area contributed by atoms with Gasteiger partial charge >= 0.3 is 0 Å². The molecule has 2 N–H and O–H groups in total. The molecule has 5 heteroatoms. The van der Waals surface area contributed by atoms with E-state index in [0.29, 0.717) is 17.1 Å². The van der Waals surface area contributed by atoms with Crippen LogP contribution in [0.4, 0.5) is 5.82 Å². The van der Waals surface area contributed by atoms with E-state index in [1.54, 1.807) is 6.07 Å². The molecule has 0 unspecified atom stereocenters. The summed E-state index contributed by atoms with van der Waals surface area (Å²) in [6.07, 6.45) is 1.53. The monoisotopic (exact) mass is 314 g/mol. The normalized spacial score (nSPS) is 10.7. The molecule has 1 amide bonds. The molecule has 2 aromatic carbocycles. The molecule has 0 spiro atoms. The molecule has 0 atom stereocenters. The van der Waals surface area contributed by atoms with Crippen molar-refractivity contribution in [3.05, 3.63) is 78.5 Å². The Labute approximate surface area is 138 Å². The van der Waals surface area contributed by atoms with Gasteiger partial charge in [0.1, 0.15) is 5.82 Å². The van der Waals surface area contributed by atoms with Gasteiger partial charge in [0.25, 0.3) is 5.91 Å². The summed E-state index contributed by atoms with van der Waals surface area (Å²) >= 11 is 0. The molecule has 2 heterocycles. The number of hydrogen-bond acceptors (Lipinski definition) is 3. The van der Waals surface area contributed by atoms with Crippen LogP contribution in [0.15, 0.2) is 72.9 Å². The lowest BCUT2D eigenvalue weighted by molar-refractivity contribution is 0.102. The second-order valence-electron chi connectivity index (χ2n) is 5.37. The van der Waals surface area contributed by atoms with Crippen molar-refractivity contribution in [1.82, 2.24) is 15.2 Å². The Balaban J connectivity index is 1.64. The van der Waals surface area contributed by atoms with Gasteiger partial charge in [-0.2, -0.15) is 5.10 Å². The van der Waals surface area contributed by atoms with E-state index in [9.17, 15) is 4.79 Å². The fourth-order valence-electron chi connectivity index (χ4n) is 2.60. The van der Waals surface area contributed by atoms with Crippen LogP contribution in [0, 0.1) is 0 Å². The Bertz CT molecular complexity index is 1010. The molecule has 2 aromatic heterocycles. The smallest absolute Gasteiger partial charge is 0.260 e. The van der Waals surface area contributed by atoms with Crippen LogP contribution in [0.25, 0.3) is 22.2 Å².